The molecule has 1 atom stereocenters. The first-order valence-electron chi connectivity index (χ1n) is 6.09. The van der Waals surface area contributed by atoms with Crippen molar-refractivity contribution in [2.45, 2.75) is 63.8 Å². The van der Waals surface area contributed by atoms with Crippen LogP contribution >= 0.6 is 11.6 Å². The molecule has 1 fully saturated rings. The molecule has 0 aliphatic heterocycles. The molecule has 1 saturated carbocycles. The van der Waals surface area contributed by atoms with Crippen molar-refractivity contribution < 1.29 is 0 Å². The second kappa shape index (κ2) is 6.68. The smallest absolute Gasteiger partial charge is 0.0337 e. The van der Waals surface area contributed by atoms with Crippen LogP contribution in [0.1, 0.15) is 52.4 Å². The van der Waals surface area contributed by atoms with Gasteiger partial charge < -0.3 is 5.32 Å². The monoisotopic (exact) mass is 217 g/mol. The molecule has 1 aliphatic rings. The van der Waals surface area contributed by atoms with E-state index in [2.05, 4.69) is 19.2 Å². The third-order valence-electron chi connectivity index (χ3n) is 3.19. The lowest BCUT2D eigenvalue weighted by atomic mass is 9.94. The lowest BCUT2D eigenvalue weighted by Crippen LogP contribution is -2.36. The zero-order chi connectivity index (χ0) is 10.4. The lowest BCUT2D eigenvalue weighted by molar-refractivity contribution is 0.349. The average Bonchev–Trinajstić information content (AvgIpc) is 2.17. The van der Waals surface area contributed by atoms with Crippen LogP contribution in [0.2, 0.25) is 0 Å². The van der Waals surface area contributed by atoms with Crippen molar-refractivity contribution in [3.05, 3.63) is 0 Å². The molecule has 0 saturated heterocycles. The van der Waals surface area contributed by atoms with Crippen molar-refractivity contribution in [1.82, 2.24) is 5.32 Å². The number of alkyl halides is 1. The summed E-state index contributed by atoms with van der Waals surface area (Å²) < 4.78 is 0. The predicted molar refractivity (Wildman–Crippen MR) is 64.0 cm³/mol. The Bertz CT molecular complexity index is 141. The first kappa shape index (κ1) is 12.3. The number of hydrogen-bond acceptors (Lipinski definition) is 1. The minimum Gasteiger partial charge on any atom is -0.314 e. The van der Waals surface area contributed by atoms with E-state index in [1.54, 1.807) is 0 Å². The molecule has 1 aliphatic carbocycles. The van der Waals surface area contributed by atoms with Crippen molar-refractivity contribution >= 4 is 11.6 Å². The summed E-state index contributed by atoms with van der Waals surface area (Å²) in [4.78, 5) is 0. The van der Waals surface area contributed by atoms with Crippen molar-refractivity contribution in [3.63, 3.8) is 0 Å². The minimum atomic E-state index is 0.445. The maximum Gasteiger partial charge on any atom is 0.0337 e. The fraction of sp³-hybridized carbons (Fsp3) is 1.00. The largest absolute Gasteiger partial charge is 0.314 e. The van der Waals surface area contributed by atoms with E-state index in [9.17, 15) is 0 Å². The Hall–Kier alpha value is 0.250. The van der Waals surface area contributed by atoms with E-state index >= 15 is 0 Å². The molecule has 0 amide bonds. The molecule has 0 spiro atoms. The lowest BCUT2D eigenvalue weighted by Gasteiger charge is -2.27. The Kier molecular flexibility index (Phi) is 5.88. The molecule has 1 unspecified atom stereocenters. The van der Waals surface area contributed by atoms with Gasteiger partial charge in [-0.2, -0.15) is 0 Å². The van der Waals surface area contributed by atoms with Gasteiger partial charge >= 0.3 is 0 Å². The summed E-state index contributed by atoms with van der Waals surface area (Å²) in [5.41, 5.74) is 0. The fourth-order valence-electron chi connectivity index (χ4n) is 2.22. The van der Waals surface area contributed by atoms with Crippen molar-refractivity contribution in [1.29, 1.82) is 0 Å². The van der Waals surface area contributed by atoms with Gasteiger partial charge in [0.05, 0.1) is 0 Å². The Balaban J connectivity index is 2.06. The summed E-state index contributed by atoms with van der Waals surface area (Å²) in [6, 6.07) is 0.740. The van der Waals surface area contributed by atoms with Crippen LogP contribution in [-0.4, -0.2) is 18.0 Å². The van der Waals surface area contributed by atoms with Gasteiger partial charge in [-0.25, -0.2) is 0 Å². The molecule has 14 heavy (non-hydrogen) atoms. The van der Waals surface area contributed by atoms with Crippen LogP contribution in [0.4, 0.5) is 0 Å². The van der Waals surface area contributed by atoms with Gasteiger partial charge in [0.25, 0.3) is 0 Å². The van der Waals surface area contributed by atoms with Crippen molar-refractivity contribution in [2.75, 3.05) is 6.54 Å². The van der Waals surface area contributed by atoms with E-state index in [4.69, 9.17) is 11.6 Å². The Morgan fingerprint density at radius 1 is 1.29 bits per heavy atom. The maximum atomic E-state index is 6.07. The summed E-state index contributed by atoms with van der Waals surface area (Å²) >= 11 is 6.07. The first-order chi connectivity index (χ1) is 6.72. The number of hydrogen-bond donors (Lipinski definition) is 1. The molecule has 2 heteroatoms. The van der Waals surface area contributed by atoms with E-state index < -0.39 is 0 Å². The Labute approximate surface area is 93.6 Å². The average molecular weight is 218 g/mol. The molecule has 0 radical (unpaired) electrons. The molecule has 0 aromatic carbocycles. The van der Waals surface area contributed by atoms with Crippen LogP contribution in [-0.2, 0) is 0 Å². The molecular weight excluding hydrogens is 194 g/mol. The SMILES string of the molecule is CCCC(C)CNC1CCC(Cl)CC1. The molecule has 0 aromatic rings. The highest BCUT2D eigenvalue weighted by Gasteiger charge is 2.18. The molecule has 1 nitrogen and oxygen atoms in total. The van der Waals surface area contributed by atoms with Gasteiger partial charge in [0.1, 0.15) is 0 Å². The standard InChI is InChI=1S/C12H24ClN/c1-3-4-10(2)9-14-12-7-5-11(13)6-8-12/h10-12,14H,3-9H2,1-2H3. The molecule has 0 bridgehead atoms. The summed E-state index contributed by atoms with van der Waals surface area (Å²) in [7, 11) is 0. The zero-order valence-electron chi connectivity index (χ0n) is 9.56. The third kappa shape index (κ3) is 4.65. The van der Waals surface area contributed by atoms with Crippen molar-refractivity contribution in [2.24, 2.45) is 5.92 Å². The van der Waals surface area contributed by atoms with Crippen LogP contribution in [0.15, 0.2) is 0 Å². The predicted octanol–water partition coefficient (Wildman–Crippen LogP) is 3.56. The van der Waals surface area contributed by atoms with Gasteiger partial charge in [-0.1, -0.05) is 20.3 Å². The van der Waals surface area contributed by atoms with Crippen LogP contribution in [0.3, 0.4) is 0 Å². The molecule has 0 heterocycles. The Morgan fingerprint density at radius 3 is 2.50 bits per heavy atom. The molecule has 0 aromatic heterocycles. The maximum absolute atomic E-state index is 6.07. The fourth-order valence-corrected chi connectivity index (χ4v) is 2.47. The van der Waals surface area contributed by atoms with Crippen LogP contribution < -0.4 is 5.32 Å². The second-order valence-corrected chi connectivity index (χ2v) is 5.37. The highest BCUT2D eigenvalue weighted by Crippen LogP contribution is 2.22. The van der Waals surface area contributed by atoms with Gasteiger partial charge in [-0.05, 0) is 44.6 Å². The van der Waals surface area contributed by atoms with Gasteiger partial charge in [-0.15, -0.1) is 11.6 Å². The van der Waals surface area contributed by atoms with Gasteiger partial charge in [-0.3, -0.25) is 0 Å². The van der Waals surface area contributed by atoms with Gasteiger partial charge in [0.2, 0.25) is 0 Å². The zero-order valence-corrected chi connectivity index (χ0v) is 10.3. The van der Waals surface area contributed by atoms with E-state index in [-0.39, 0.29) is 0 Å². The summed E-state index contributed by atoms with van der Waals surface area (Å²) in [5, 5.41) is 4.11. The van der Waals surface area contributed by atoms with Crippen LogP contribution in [0.25, 0.3) is 0 Å². The molecule has 84 valence electrons. The second-order valence-electron chi connectivity index (χ2n) is 4.75. The van der Waals surface area contributed by atoms with Crippen molar-refractivity contribution in [3.8, 4) is 0 Å². The van der Waals surface area contributed by atoms with E-state index in [1.165, 1.54) is 45.1 Å². The molecular formula is C12H24ClN. The number of halogens is 1. The summed E-state index contributed by atoms with van der Waals surface area (Å²) in [5.74, 6) is 0.828. The van der Waals surface area contributed by atoms with Crippen LogP contribution in [0.5, 0.6) is 0 Å². The topological polar surface area (TPSA) is 12.0 Å². The number of rotatable bonds is 5. The summed E-state index contributed by atoms with van der Waals surface area (Å²) in [6.07, 6.45) is 7.58. The molecule has 1 N–H and O–H groups in total. The highest BCUT2D eigenvalue weighted by atomic mass is 35.5. The highest BCUT2D eigenvalue weighted by molar-refractivity contribution is 6.20. The van der Waals surface area contributed by atoms with Crippen LogP contribution in [0, 0.1) is 5.92 Å². The van der Waals surface area contributed by atoms with Gasteiger partial charge in [0.15, 0.2) is 0 Å². The Morgan fingerprint density at radius 2 is 1.93 bits per heavy atom. The third-order valence-corrected chi connectivity index (χ3v) is 3.63. The van der Waals surface area contributed by atoms with E-state index in [1.807, 2.05) is 0 Å². The first-order valence-corrected chi connectivity index (χ1v) is 6.53. The van der Waals surface area contributed by atoms with E-state index in [0.717, 1.165) is 12.0 Å². The molecule has 1 rings (SSSR count). The van der Waals surface area contributed by atoms with E-state index in [0.29, 0.717) is 5.38 Å². The quantitative estimate of drug-likeness (QED) is 0.695. The summed E-state index contributed by atoms with van der Waals surface area (Å²) in [6.45, 7) is 5.78. The number of nitrogens with one attached hydrogen (secondary N) is 1. The minimum absolute atomic E-state index is 0.445. The van der Waals surface area contributed by atoms with Gasteiger partial charge in [0, 0.05) is 11.4 Å². The normalized spacial score (nSPS) is 30.2.